The fourth-order valence-corrected chi connectivity index (χ4v) is 3.07. The first-order valence-electron chi connectivity index (χ1n) is 9.32. The number of benzene rings is 1. The molecule has 3 aromatic rings. The van der Waals surface area contributed by atoms with Crippen molar-refractivity contribution in [3.8, 4) is 11.5 Å². The molecule has 2 heterocycles. The van der Waals surface area contributed by atoms with Crippen LogP contribution in [0.25, 0.3) is 11.5 Å². The first-order chi connectivity index (χ1) is 13.2. The summed E-state index contributed by atoms with van der Waals surface area (Å²) in [6, 6.07) is 16.5. The number of aromatic nitrogens is 1. The lowest BCUT2D eigenvalue weighted by Gasteiger charge is -2.19. The van der Waals surface area contributed by atoms with Gasteiger partial charge in [-0.25, -0.2) is 0 Å². The molecular formula is C22H24N2O3. The molecule has 5 nitrogen and oxygen atoms in total. The second kappa shape index (κ2) is 9.03. The fraction of sp³-hybridized carbons (Fsp3) is 0.273. The Hall–Kier alpha value is -3.08. The van der Waals surface area contributed by atoms with E-state index in [1.807, 2.05) is 30.3 Å². The van der Waals surface area contributed by atoms with E-state index in [1.54, 1.807) is 24.3 Å². The van der Waals surface area contributed by atoms with Gasteiger partial charge in [-0.1, -0.05) is 56.5 Å². The Balaban J connectivity index is 1.78. The van der Waals surface area contributed by atoms with Gasteiger partial charge in [0.25, 0.3) is 11.5 Å². The number of pyridine rings is 1. The Bertz CT molecular complexity index is 914. The van der Waals surface area contributed by atoms with E-state index in [2.05, 4.69) is 17.2 Å². The molecule has 1 atom stereocenters. The molecule has 3 rings (SSSR count). The van der Waals surface area contributed by atoms with Crippen LogP contribution >= 0.6 is 0 Å². The molecule has 2 aromatic heterocycles. The lowest BCUT2D eigenvalue weighted by Crippen LogP contribution is -2.32. The van der Waals surface area contributed by atoms with Crippen molar-refractivity contribution in [1.82, 2.24) is 10.3 Å². The normalized spacial score (nSPS) is 11.9. The summed E-state index contributed by atoms with van der Waals surface area (Å²) >= 11 is 0. The molecular weight excluding hydrogens is 340 g/mol. The van der Waals surface area contributed by atoms with Crippen LogP contribution in [0, 0.1) is 0 Å². The minimum absolute atomic E-state index is 0.0988. The number of carbonyl (C=O) groups excluding carboxylic acids is 1. The first-order valence-corrected chi connectivity index (χ1v) is 9.32. The van der Waals surface area contributed by atoms with Crippen molar-refractivity contribution in [2.24, 2.45) is 0 Å². The van der Waals surface area contributed by atoms with Crippen molar-refractivity contribution >= 4 is 5.91 Å². The van der Waals surface area contributed by atoms with Gasteiger partial charge in [-0.05, 0) is 36.2 Å². The molecule has 140 valence electrons. The fourth-order valence-electron chi connectivity index (χ4n) is 3.07. The summed E-state index contributed by atoms with van der Waals surface area (Å²) in [6.07, 6.45) is 5.62. The number of amides is 1. The van der Waals surface area contributed by atoms with Gasteiger partial charge in [-0.2, -0.15) is 0 Å². The van der Waals surface area contributed by atoms with Crippen LogP contribution < -0.4 is 10.9 Å². The summed E-state index contributed by atoms with van der Waals surface area (Å²) in [7, 11) is 0. The monoisotopic (exact) mass is 364 g/mol. The first kappa shape index (κ1) is 18.7. The third-order valence-electron chi connectivity index (χ3n) is 4.54. The van der Waals surface area contributed by atoms with Crippen LogP contribution in [0.1, 0.15) is 54.6 Å². The van der Waals surface area contributed by atoms with Crippen LogP contribution in [0.2, 0.25) is 0 Å². The third-order valence-corrected chi connectivity index (χ3v) is 4.54. The van der Waals surface area contributed by atoms with Crippen LogP contribution in [-0.2, 0) is 0 Å². The molecule has 0 saturated carbocycles. The van der Waals surface area contributed by atoms with Gasteiger partial charge >= 0.3 is 0 Å². The molecule has 1 unspecified atom stereocenters. The highest BCUT2D eigenvalue weighted by atomic mass is 16.3. The number of hydrogen-bond acceptors (Lipinski definition) is 3. The van der Waals surface area contributed by atoms with Gasteiger partial charge in [0.2, 0.25) is 0 Å². The van der Waals surface area contributed by atoms with E-state index in [0.717, 1.165) is 31.2 Å². The van der Waals surface area contributed by atoms with Crippen LogP contribution in [0.4, 0.5) is 0 Å². The smallest absolute Gasteiger partial charge is 0.261 e. The molecule has 0 bridgehead atoms. The van der Waals surface area contributed by atoms with Crippen molar-refractivity contribution in [1.29, 1.82) is 0 Å². The average molecular weight is 364 g/mol. The molecule has 0 spiro atoms. The number of unbranched alkanes of at least 4 members (excludes halogenated alkanes) is 2. The average Bonchev–Trinajstić information content (AvgIpc) is 3.22. The third kappa shape index (κ3) is 4.76. The molecule has 0 saturated heterocycles. The van der Waals surface area contributed by atoms with Crippen LogP contribution in [0.15, 0.2) is 70.1 Å². The summed E-state index contributed by atoms with van der Waals surface area (Å²) in [4.78, 5) is 27.8. The number of hydrogen-bond donors (Lipinski definition) is 2. The zero-order valence-corrected chi connectivity index (χ0v) is 15.4. The van der Waals surface area contributed by atoms with Crippen molar-refractivity contribution in [2.45, 2.75) is 38.6 Å². The van der Waals surface area contributed by atoms with Gasteiger partial charge in [-0.3, -0.25) is 9.59 Å². The summed E-state index contributed by atoms with van der Waals surface area (Å²) < 4.78 is 5.28. The maximum absolute atomic E-state index is 12.7. The van der Waals surface area contributed by atoms with Crippen molar-refractivity contribution in [3.63, 3.8) is 0 Å². The van der Waals surface area contributed by atoms with Crippen LogP contribution in [0.3, 0.4) is 0 Å². The Kier molecular flexibility index (Phi) is 6.26. The van der Waals surface area contributed by atoms with Gasteiger partial charge in [0.1, 0.15) is 11.3 Å². The highest BCUT2D eigenvalue weighted by Gasteiger charge is 2.18. The number of furan rings is 1. The number of carbonyl (C=O) groups is 1. The Labute approximate surface area is 158 Å². The predicted octanol–water partition coefficient (Wildman–Crippen LogP) is 4.69. The number of nitrogens with one attached hydrogen (secondary N) is 2. The SMILES string of the molecule is CCCCCC(NC(=O)c1ccc(-c2ccco2)[nH]c1=O)c1ccccc1. The van der Waals surface area contributed by atoms with Gasteiger partial charge in [0, 0.05) is 0 Å². The Morgan fingerprint density at radius 2 is 1.89 bits per heavy atom. The van der Waals surface area contributed by atoms with Crippen molar-refractivity contribution in [2.75, 3.05) is 0 Å². The molecule has 0 radical (unpaired) electrons. The van der Waals surface area contributed by atoms with E-state index in [4.69, 9.17) is 4.42 Å². The maximum atomic E-state index is 12.7. The topological polar surface area (TPSA) is 75.1 Å². The lowest BCUT2D eigenvalue weighted by atomic mass is 10.00. The second-order valence-corrected chi connectivity index (χ2v) is 6.52. The summed E-state index contributed by atoms with van der Waals surface area (Å²) in [5, 5.41) is 3.02. The zero-order chi connectivity index (χ0) is 19.1. The molecule has 0 aliphatic rings. The van der Waals surface area contributed by atoms with E-state index in [-0.39, 0.29) is 17.5 Å². The Morgan fingerprint density at radius 1 is 1.07 bits per heavy atom. The minimum Gasteiger partial charge on any atom is -0.463 e. The molecule has 0 aliphatic heterocycles. The van der Waals surface area contributed by atoms with Crippen molar-refractivity contribution < 1.29 is 9.21 Å². The van der Waals surface area contributed by atoms with E-state index in [1.165, 1.54) is 6.26 Å². The van der Waals surface area contributed by atoms with Gasteiger partial charge < -0.3 is 14.7 Å². The number of H-pyrrole nitrogens is 1. The van der Waals surface area contributed by atoms with Gasteiger partial charge in [0.15, 0.2) is 0 Å². The quantitative estimate of drug-likeness (QED) is 0.570. The van der Waals surface area contributed by atoms with Crippen LogP contribution in [-0.4, -0.2) is 10.9 Å². The van der Waals surface area contributed by atoms with Gasteiger partial charge in [0.05, 0.1) is 18.0 Å². The summed E-state index contributed by atoms with van der Waals surface area (Å²) in [5.41, 5.74) is 1.26. The molecule has 1 amide bonds. The molecule has 2 N–H and O–H groups in total. The standard InChI is InChI=1S/C22H24N2O3/c1-2-3-5-11-18(16-9-6-4-7-10-16)23-21(25)17-13-14-19(24-22(17)26)20-12-8-15-27-20/h4,6-10,12-15,18H,2-3,5,11H2,1H3,(H,23,25)(H,24,26). The highest BCUT2D eigenvalue weighted by molar-refractivity contribution is 5.94. The van der Waals surface area contributed by atoms with E-state index < -0.39 is 5.56 Å². The van der Waals surface area contributed by atoms with Gasteiger partial charge in [-0.15, -0.1) is 0 Å². The molecule has 5 heteroatoms. The highest BCUT2D eigenvalue weighted by Crippen LogP contribution is 2.21. The summed E-state index contributed by atoms with van der Waals surface area (Å²) in [5.74, 6) is 0.188. The number of rotatable bonds is 8. The number of aromatic amines is 1. The van der Waals surface area contributed by atoms with Crippen LogP contribution in [0.5, 0.6) is 0 Å². The molecule has 0 aliphatic carbocycles. The largest absolute Gasteiger partial charge is 0.463 e. The van der Waals surface area contributed by atoms with E-state index in [9.17, 15) is 9.59 Å². The molecule has 0 fully saturated rings. The minimum atomic E-state index is -0.429. The lowest BCUT2D eigenvalue weighted by molar-refractivity contribution is 0.0932. The molecule has 27 heavy (non-hydrogen) atoms. The van der Waals surface area contributed by atoms with Crippen molar-refractivity contribution in [3.05, 3.63) is 82.3 Å². The molecule has 1 aromatic carbocycles. The van der Waals surface area contributed by atoms with E-state index in [0.29, 0.717) is 11.5 Å². The zero-order valence-electron chi connectivity index (χ0n) is 15.4. The predicted molar refractivity (Wildman–Crippen MR) is 106 cm³/mol. The second-order valence-electron chi connectivity index (χ2n) is 6.52. The Morgan fingerprint density at radius 3 is 2.56 bits per heavy atom. The van der Waals surface area contributed by atoms with E-state index >= 15 is 0 Å². The maximum Gasteiger partial charge on any atom is 0.261 e. The summed E-state index contributed by atoms with van der Waals surface area (Å²) in [6.45, 7) is 2.15.